The third-order valence-electron chi connectivity index (χ3n) is 4.07. The van der Waals surface area contributed by atoms with Crippen LogP contribution in [0.3, 0.4) is 0 Å². The van der Waals surface area contributed by atoms with E-state index in [0.717, 1.165) is 16.5 Å². The molecule has 1 heterocycles. The Morgan fingerprint density at radius 2 is 1.90 bits per heavy atom. The number of rotatable bonds is 3. The van der Waals surface area contributed by atoms with Gasteiger partial charge in [-0.1, -0.05) is 43.2 Å². The molecule has 1 atom stereocenters. The predicted octanol–water partition coefficient (Wildman–Crippen LogP) is 3.66. The molecule has 0 unspecified atom stereocenters. The van der Waals surface area contributed by atoms with E-state index in [4.69, 9.17) is 4.99 Å². The van der Waals surface area contributed by atoms with Crippen LogP contribution in [0.5, 0.6) is 0 Å². The SMILES string of the molecule is O=[N+]([O-])c1ccc([C@@H]2CSC(NC3CCCCC3)=N2)cc1. The summed E-state index contributed by atoms with van der Waals surface area (Å²) in [5.41, 5.74) is 1.18. The monoisotopic (exact) mass is 305 g/mol. The fourth-order valence-corrected chi connectivity index (χ4v) is 3.90. The number of thioether (sulfide) groups is 1. The van der Waals surface area contributed by atoms with Crippen LogP contribution < -0.4 is 5.32 Å². The van der Waals surface area contributed by atoms with Crippen molar-refractivity contribution in [3.05, 3.63) is 39.9 Å². The number of nitro groups is 1. The zero-order valence-corrected chi connectivity index (χ0v) is 12.6. The minimum Gasteiger partial charge on any atom is -0.362 e. The lowest BCUT2D eigenvalue weighted by molar-refractivity contribution is -0.384. The number of aliphatic imine (C=N–C) groups is 1. The largest absolute Gasteiger partial charge is 0.362 e. The topological polar surface area (TPSA) is 67.5 Å². The van der Waals surface area contributed by atoms with Crippen LogP contribution in [0, 0.1) is 10.1 Å². The van der Waals surface area contributed by atoms with E-state index < -0.39 is 0 Å². The summed E-state index contributed by atoms with van der Waals surface area (Å²) in [5.74, 6) is 0.910. The first kappa shape index (κ1) is 14.4. The number of nitrogens with one attached hydrogen (secondary N) is 1. The summed E-state index contributed by atoms with van der Waals surface area (Å²) in [6.45, 7) is 0. The minimum absolute atomic E-state index is 0.113. The molecular weight excluding hydrogens is 286 g/mol. The molecule has 0 saturated heterocycles. The smallest absolute Gasteiger partial charge is 0.269 e. The fraction of sp³-hybridized carbons (Fsp3) is 0.533. The van der Waals surface area contributed by atoms with Gasteiger partial charge in [0.1, 0.15) is 0 Å². The first-order chi connectivity index (χ1) is 10.2. The maximum atomic E-state index is 10.7. The summed E-state index contributed by atoms with van der Waals surface area (Å²) in [6.07, 6.45) is 6.44. The summed E-state index contributed by atoms with van der Waals surface area (Å²) in [7, 11) is 0. The van der Waals surface area contributed by atoms with Gasteiger partial charge in [0.15, 0.2) is 5.17 Å². The van der Waals surface area contributed by atoms with Crippen LogP contribution in [0.25, 0.3) is 0 Å². The Hall–Kier alpha value is -1.56. The molecule has 0 radical (unpaired) electrons. The van der Waals surface area contributed by atoms with Gasteiger partial charge in [-0.3, -0.25) is 15.1 Å². The first-order valence-electron chi connectivity index (χ1n) is 7.44. The molecule has 0 bridgehead atoms. The molecule has 112 valence electrons. The average molecular weight is 305 g/mol. The molecule has 6 heteroatoms. The number of nitrogens with zero attached hydrogens (tertiary/aromatic N) is 2. The van der Waals surface area contributed by atoms with Crippen molar-refractivity contribution >= 4 is 22.6 Å². The highest BCUT2D eigenvalue weighted by Crippen LogP contribution is 2.31. The molecule has 0 aromatic heterocycles. The van der Waals surface area contributed by atoms with Crippen molar-refractivity contribution in [1.29, 1.82) is 0 Å². The van der Waals surface area contributed by atoms with E-state index in [9.17, 15) is 10.1 Å². The Labute approximate surface area is 128 Å². The molecule has 1 N–H and O–H groups in total. The second kappa shape index (κ2) is 6.47. The molecule has 1 aliphatic carbocycles. The van der Waals surface area contributed by atoms with Crippen LogP contribution in [0.4, 0.5) is 5.69 Å². The lowest BCUT2D eigenvalue weighted by atomic mass is 9.96. The van der Waals surface area contributed by atoms with Crippen LogP contribution in [-0.4, -0.2) is 21.9 Å². The summed E-state index contributed by atoms with van der Waals surface area (Å²) in [6, 6.07) is 7.43. The van der Waals surface area contributed by atoms with Gasteiger partial charge in [-0.05, 0) is 18.4 Å². The van der Waals surface area contributed by atoms with Crippen molar-refractivity contribution < 1.29 is 4.92 Å². The predicted molar refractivity (Wildman–Crippen MR) is 85.7 cm³/mol. The second-order valence-electron chi connectivity index (χ2n) is 5.59. The minimum atomic E-state index is -0.369. The van der Waals surface area contributed by atoms with Gasteiger partial charge in [-0.15, -0.1) is 0 Å². The average Bonchev–Trinajstić information content (AvgIpc) is 2.97. The molecule has 5 nitrogen and oxygen atoms in total. The van der Waals surface area contributed by atoms with Gasteiger partial charge >= 0.3 is 0 Å². The van der Waals surface area contributed by atoms with Crippen LogP contribution >= 0.6 is 11.8 Å². The Bertz CT molecular complexity index is 538. The molecule has 21 heavy (non-hydrogen) atoms. The van der Waals surface area contributed by atoms with Gasteiger partial charge in [0, 0.05) is 23.9 Å². The van der Waals surface area contributed by atoms with E-state index in [1.54, 1.807) is 23.9 Å². The Balaban J connectivity index is 1.63. The van der Waals surface area contributed by atoms with Crippen LogP contribution in [-0.2, 0) is 0 Å². The zero-order valence-electron chi connectivity index (χ0n) is 11.8. The molecule has 2 aliphatic rings. The number of benzene rings is 1. The fourth-order valence-electron chi connectivity index (χ4n) is 2.86. The van der Waals surface area contributed by atoms with Gasteiger partial charge in [0.05, 0.1) is 11.0 Å². The number of hydrogen-bond donors (Lipinski definition) is 1. The third kappa shape index (κ3) is 3.56. The van der Waals surface area contributed by atoms with Crippen LogP contribution in [0.15, 0.2) is 29.3 Å². The summed E-state index contributed by atoms with van der Waals surface area (Å²) >= 11 is 1.75. The Morgan fingerprint density at radius 3 is 2.57 bits per heavy atom. The molecule has 1 fully saturated rings. The number of hydrogen-bond acceptors (Lipinski definition) is 5. The van der Waals surface area contributed by atoms with Gasteiger partial charge in [-0.2, -0.15) is 0 Å². The number of non-ortho nitro benzene ring substituents is 1. The van der Waals surface area contributed by atoms with E-state index in [-0.39, 0.29) is 16.7 Å². The van der Waals surface area contributed by atoms with E-state index >= 15 is 0 Å². The van der Waals surface area contributed by atoms with E-state index in [0.29, 0.717) is 6.04 Å². The van der Waals surface area contributed by atoms with Crippen molar-refractivity contribution in [1.82, 2.24) is 5.32 Å². The summed E-state index contributed by atoms with van der Waals surface area (Å²) < 4.78 is 0. The normalized spacial score (nSPS) is 22.9. The summed E-state index contributed by atoms with van der Waals surface area (Å²) in [5, 5.41) is 15.3. The zero-order chi connectivity index (χ0) is 14.7. The van der Waals surface area contributed by atoms with E-state index in [1.807, 2.05) is 12.1 Å². The Kier molecular flexibility index (Phi) is 4.43. The lowest BCUT2D eigenvalue weighted by Gasteiger charge is -2.23. The number of nitro benzene ring substituents is 1. The highest BCUT2D eigenvalue weighted by molar-refractivity contribution is 8.14. The van der Waals surface area contributed by atoms with Gasteiger partial charge in [0.25, 0.3) is 5.69 Å². The quantitative estimate of drug-likeness (QED) is 0.683. The maximum absolute atomic E-state index is 10.7. The van der Waals surface area contributed by atoms with Crippen LogP contribution in [0.2, 0.25) is 0 Å². The van der Waals surface area contributed by atoms with Crippen molar-refractivity contribution in [3.63, 3.8) is 0 Å². The lowest BCUT2D eigenvalue weighted by Crippen LogP contribution is -2.33. The number of amidine groups is 1. The first-order valence-corrected chi connectivity index (χ1v) is 8.42. The van der Waals surface area contributed by atoms with E-state index in [2.05, 4.69) is 5.32 Å². The molecule has 0 amide bonds. The van der Waals surface area contributed by atoms with Gasteiger partial charge in [0.2, 0.25) is 0 Å². The molecule has 0 spiro atoms. The molecule has 1 aliphatic heterocycles. The van der Waals surface area contributed by atoms with Crippen molar-refractivity contribution in [2.75, 3.05) is 5.75 Å². The van der Waals surface area contributed by atoms with E-state index in [1.165, 1.54) is 32.1 Å². The van der Waals surface area contributed by atoms with Gasteiger partial charge < -0.3 is 5.32 Å². The Morgan fingerprint density at radius 1 is 1.19 bits per heavy atom. The molecular formula is C15H19N3O2S. The van der Waals surface area contributed by atoms with Crippen molar-refractivity contribution in [3.8, 4) is 0 Å². The standard InChI is InChI=1S/C15H19N3O2S/c19-18(20)13-8-6-11(7-9-13)14-10-21-15(17-14)16-12-4-2-1-3-5-12/h6-9,12,14H,1-5,10H2,(H,16,17)/t14-/m0/s1. The molecule has 1 saturated carbocycles. The van der Waals surface area contributed by atoms with Gasteiger partial charge in [-0.25, -0.2) is 0 Å². The molecule has 1 aromatic rings. The molecule has 1 aromatic carbocycles. The van der Waals surface area contributed by atoms with Crippen molar-refractivity contribution in [2.24, 2.45) is 4.99 Å². The van der Waals surface area contributed by atoms with Crippen LogP contribution in [0.1, 0.15) is 43.7 Å². The highest BCUT2D eigenvalue weighted by atomic mass is 32.2. The highest BCUT2D eigenvalue weighted by Gasteiger charge is 2.23. The van der Waals surface area contributed by atoms with Crippen molar-refractivity contribution in [2.45, 2.75) is 44.2 Å². The summed E-state index contributed by atoms with van der Waals surface area (Å²) in [4.78, 5) is 15.0. The second-order valence-corrected chi connectivity index (χ2v) is 6.60. The third-order valence-corrected chi connectivity index (χ3v) is 5.05. The molecule has 3 rings (SSSR count). The maximum Gasteiger partial charge on any atom is 0.269 e.